The van der Waals surface area contributed by atoms with Gasteiger partial charge in [-0.15, -0.1) is 0 Å². The summed E-state index contributed by atoms with van der Waals surface area (Å²) < 4.78 is 0. The first kappa shape index (κ1) is 12.3. The number of hydrogen-bond donors (Lipinski definition) is 3. The van der Waals surface area contributed by atoms with Gasteiger partial charge in [0.25, 0.3) is 5.91 Å². The van der Waals surface area contributed by atoms with Crippen molar-refractivity contribution < 1.29 is 9.90 Å². The SMILES string of the molecule is O=C(NCC1CNCC1O)c1ccncc1Cl. The predicted octanol–water partition coefficient (Wildman–Crippen LogP) is 0.0451. The molecule has 0 saturated carbocycles. The number of nitrogens with one attached hydrogen (secondary N) is 2. The molecule has 2 rings (SSSR count). The highest BCUT2D eigenvalue weighted by Crippen LogP contribution is 2.13. The number of amides is 1. The van der Waals surface area contributed by atoms with Crippen molar-refractivity contribution in [3.63, 3.8) is 0 Å². The van der Waals surface area contributed by atoms with E-state index in [9.17, 15) is 9.90 Å². The molecule has 2 unspecified atom stereocenters. The van der Waals surface area contributed by atoms with Crippen LogP contribution in [0.25, 0.3) is 0 Å². The number of aliphatic hydroxyl groups is 1. The molecule has 2 heterocycles. The summed E-state index contributed by atoms with van der Waals surface area (Å²) in [5, 5.41) is 15.7. The van der Waals surface area contributed by atoms with E-state index in [2.05, 4.69) is 15.6 Å². The predicted molar refractivity (Wildman–Crippen MR) is 63.9 cm³/mol. The minimum atomic E-state index is -0.400. The first-order chi connectivity index (χ1) is 8.18. The van der Waals surface area contributed by atoms with Gasteiger partial charge in [0.2, 0.25) is 0 Å². The molecule has 3 N–H and O–H groups in total. The molecule has 0 bridgehead atoms. The zero-order valence-corrected chi connectivity index (χ0v) is 9.94. The summed E-state index contributed by atoms with van der Waals surface area (Å²) in [7, 11) is 0. The van der Waals surface area contributed by atoms with E-state index in [-0.39, 0.29) is 11.8 Å². The molecule has 17 heavy (non-hydrogen) atoms. The summed E-state index contributed by atoms with van der Waals surface area (Å²) in [6, 6.07) is 1.57. The van der Waals surface area contributed by atoms with E-state index < -0.39 is 6.10 Å². The Bertz CT molecular complexity index is 413. The Balaban J connectivity index is 1.91. The summed E-state index contributed by atoms with van der Waals surface area (Å²) >= 11 is 5.86. The third kappa shape index (κ3) is 2.94. The van der Waals surface area contributed by atoms with E-state index in [1.807, 2.05) is 0 Å². The van der Waals surface area contributed by atoms with Gasteiger partial charge in [-0.3, -0.25) is 9.78 Å². The topological polar surface area (TPSA) is 74.2 Å². The van der Waals surface area contributed by atoms with Crippen LogP contribution in [0.5, 0.6) is 0 Å². The zero-order chi connectivity index (χ0) is 12.3. The smallest absolute Gasteiger partial charge is 0.252 e. The van der Waals surface area contributed by atoms with Crippen molar-refractivity contribution in [1.29, 1.82) is 0 Å². The number of β-amino-alcohol motifs (C(OH)–C–C–N with tert-alkyl or cyclic N) is 1. The van der Waals surface area contributed by atoms with Crippen molar-refractivity contribution in [1.82, 2.24) is 15.6 Å². The van der Waals surface area contributed by atoms with E-state index in [1.165, 1.54) is 12.4 Å². The lowest BCUT2D eigenvalue weighted by atomic mass is 10.1. The molecule has 0 spiro atoms. The van der Waals surface area contributed by atoms with Crippen LogP contribution in [0, 0.1) is 5.92 Å². The lowest BCUT2D eigenvalue weighted by Gasteiger charge is -2.14. The molecule has 1 fully saturated rings. The molecule has 0 aliphatic carbocycles. The second kappa shape index (κ2) is 5.44. The third-order valence-electron chi connectivity index (χ3n) is 2.85. The maximum Gasteiger partial charge on any atom is 0.252 e. The largest absolute Gasteiger partial charge is 0.391 e. The van der Waals surface area contributed by atoms with Crippen LogP contribution < -0.4 is 10.6 Å². The molecular formula is C11H14ClN3O2. The van der Waals surface area contributed by atoms with Crippen molar-refractivity contribution in [2.24, 2.45) is 5.92 Å². The molecule has 1 aromatic heterocycles. The van der Waals surface area contributed by atoms with Crippen molar-refractivity contribution in [2.75, 3.05) is 19.6 Å². The first-order valence-corrected chi connectivity index (χ1v) is 5.83. The fourth-order valence-electron chi connectivity index (χ4n) is 1.81. The molecule has 6 heteroatoms. The quantitative estimate of drug-likeness (QED) is 0.713. The van der Waals surface area contributed by atoms with E-state index >= 15 is 0 Å². The van der Waals surface area contributed by atoms with Crippen LogP contribution in [0.3, 0.4) is 0 Å². The Kier molecular flexibility index (Phi) is 3.93. The third-order valence-corrected chi connectivity index (χ3v) is 3.15. The fourth-order valence-corrected chi connectivity index (χ4v) is 2.01. The van der Waals surface area contributed by atoms with Crippen LogP contribution in [0.15, 0.2) is 18.5 Å². The van der Waals surface area contributed by atoms with Crippen LogP contribution in [0.2, 0.25) is 5.02 Å². The molecule has 1 amide bonds. The maximum absolute atomic E-state index is 11.8. The highest BCUT2D eigenvalue weighted by Gasteiger charge is 2.25. The van der Waals surface area contributed by atoms with Crippen LogP contribution in [0.4, 0.5) is 0 Å². The number of rotatable bonds is 3. The molecule has 1 aliphatic heterocycles. The summed E-state index contributed by atoms with van der Waals surface area (Å²) in [5.41, 5.74) is 0.405. The lowest BCUT2D eigenvalue weighted by molar-refractivity contribution is 0.0927. The average Bonchev–Trinajstić information content (AvgIpc) is 2.72. The van der Waals surface area contributed by atoms with Gasteiger partial charge in [-0.2, -0.15) is 0 Å². The number of carbonyl (C=O) groups excluding carboxylic acids is 1. The molecular weight excluding hydrogens is 242 g/mol. The normalized spacial score (nSPS) is 23.6. The monoisotopic (exact) mass is 255 g/mol. The van der Waals surface area contributed by atoms with Gasteiger partial charge in [-0.25, -0.2) is 0 Å². The summed E-state index contributed by atoms with van der Waals surface area (Å²) in [6.07, 6.45) is 2.55. The first-order valence-electron chi connectivity index (χ1n) is 5.45. The standard InChI is InChI=1S/C11H14ClN3O2/c12-9-5-13-2-1-8(9)11(17)15-4-7-3-14-6-10(7)16/h1-2,5,7,10,14,16H,3-4,6H2,(H,15,17). The van der Waals surface area contributed by atoms with Crippen LogP contribution in [0.1, 0.15) is 10.4 Å². The molecule has 2 atom stereocenters. The molecule has 0 radical (unpaired) electrons. The number of nitrogens with zero attached hydrogens (tertiary/aromatic N) is 1. The lowest BCUT2D eigenvalue weighted by Crippen LogP contribution is -2.34. The molecule has 1 aliphatic rings. The van der Waals surface area contributed by atoms with E-state index in [4.69, 9.17) is 11.6 Å². The Morgan fingerprint density at radius 3 is 3.12 bits per heavy atom. The Morgan fingerprint density at radius 1 is 1.65 bits per heavy atom. The average molecular weight is 256 g/mol. The van der Waals surface area contributed by atoms with Gasteiger partial charge in [0.05, 0.1) is 16.7 Å². The highest BCUT2D eigenvalue weighted by molar-refractivity contribution is 6.33. The van der Waals surface area contributed by atoms with Gasteiger partial charge in [-0.1, -0.05) is 11.6 Å². The van der Waals surface area contributed by atoms with Crippen LogP contribution >= 0.6 is 11.6 Å². The Labute approximate surface area is 104 Å². The number of hydrogen-bond acceptors (Lipinski definition) is 4. The van der Waals surface area contributed by atoms with Crippen molar-refractivity contribution in [2.45, 2.75) is 6.10 Å². The summed E-state index contributed by atoms with van der Waals surface area (Å²) in [6.45, 7) is 1.73. The molecule has 1 saturated heterocycles. The number of carbonyl (C=O) groups is 1. The van der Waals surface area contributed by atoms with E-state index in [1.54, 1.807) is 6.07 Å². The van der Waals surface area contributed by atoms with Crippen molar-refractivity contribution in [3.05, 3.63) is 29.0 Å². The molecule has 0 aromatic carbocycles. The number of pyridine rings is 1. The summed E-state index contributed by atoms with van der Waals surface area (Å²) in [5.74, 6) is -0.184. The molecule has 92 valence electrons. The zero-order valence-electron chi connectivity index (χ0n) is 9.19. The Morgan fingerprint density at radius 2 is 2.47 bits per heavy atom. The van der Waals surface area contributed by atoms with Gasteiger partial charge >= 0.3 is 0 Å². The van der Waals surface area contributed by atoms with Crippen molar-refractivity contribution in [3.8, 4) is 0 Å². The van der Waals surface area contributed by atoms with Crippen molar-refractivity contribution >= 4 is 17.5 Å². The van der Waals surface area contributed by atoms with Crippen LogP contribution in [-0.4, -0.2) is 41.7 Å². The van der Waals surface area contributed by atoms with Gasteiger partial charge in [0, 0.05) is 37.9 Å². The Hall–Kier alpha value is -1.17. The molecule has 5 nitrogen and oxygen atoms in total. The fraction of sp³-hybridized carbons (Fsp3) is 0.455. The van der Waals surface area contributed by atoms with Gasteiger partial charge in [0.1, 0.15) is 0 Å². The van der Waals surface area contributed by atoms with E-state index in [0.717, 1.165) is 0 Å². The van der Waals surface area contributed by atoms with Gasteiger partial charge in [0.15, 0.2) is 0 Å². The second-order valence-electron chi connectivity index (χ2n) is 4.05. The summed E-state index contributed by atoms with van der Waals surface area (Å²) in [4.78, 5) is 15.6. The second-order valence-corrected chi connectivity index (χ2v) is 4.46. The minimum absolute atomic E-state index is 0.0552. The van der Waals surface area contributed by atoms with Crippen LogP contribution in [-0.2, 0) is 0 Å². The van der Waals surface area contributed by atoms with Gasteiger partial charge < -0.3 is 15.7 Å². The highest BCUT2D eigenvalue weighted by atomic mass is 35.5. The number of aliphatic hydroxyl groups excluding tert-OH is 1. The number of aromatic nitrogens is 1. The van der Waals surface area contributed by atoms with Gasteiger partial charge in [-0.05, 0) is 6.07 Å². The minimum Gasteiger partial charge on any atom is -0.391 e. The molecule has 1 aromatic rings. The van der Waals surface area contributed by atoms with E-state index in [0.29, 0.717) is 30.2 Å². The maximum atomic E-state index is 11.8. The number of halogens is 1.